The monoisotopic (exact) mass is 488 g/mol. The molecule has 0 radical (unpaired) electrons. The molecule has 5 rings (SSSR count). The summed E-state index contributed by atoms with van der Waals surface area (Å²) in [5.41, 5.74) is 3.39. The lowest BCUT2D eigenvalue weighted by Crippen LogP contribution is -2.50. The summed E-state index contributed by atoms with van der Waals surface area (Å²) in [5, 5.41) is 3.65. The smallest absolute Gasteiger partial charge is 0.143 e. The maximum Gasteiger partial charge on any atom is 0.143 e. The number of fused-ring (bicyclic) bond motifs is 1. The van der Waals surface area contributed by atoms with E-state index in [1.807, 2.05) is 48.7 Å². The van der Waals surface area contributed by atoms with Gasteiger partial charge in [-0.15, -0.1) is 0 Å². The molecular formula is C29H33FN4O2. The third-order valence-corrected chi connectivity index (χ3v) is 6.82. The van der Waals surface area contributed by atoms with Crippen LogP contribution in [0.2, 0.25) is 0 Å². The lowest BCUT2D eigenvalue weighted by atomic mass is 9.90. The Morgan fingerprint density at radius 1 is 1.03 bits per heavy atom. The number of methoxy groups -OCH3 is 1. The molecule has 188 valence electrons. The number of nitrogens with zero attached hydrogens (tertiary/aromatic N) is 3. The fraction of sp³-hybridized carbons (Fsp3) is 0.345. The van der Waals surface area contributed by atoms with Gasteiger partial charge in [-0.05, 0) is 60.0 Å². The van der Waals surface area contributed by atoms with Gasteiger partial charge in [0.25, 0.3) is 0 Å². The highest BCUT2D eigenvalue weighted by Crippen LogP contribution is 2.40. The van der Waals surface area contributed by atoms with E-state index in [1.165, 1.54) is 6.07 Å². The first kappa shape index (κ1) is 24.1. The molecule has 2 aromatic carbocycles. The van der Waals surface area contributed by atoms with Gasteiger partial charge in [-0.25, -0.2) is 9.37 Å². The summed E-state index contributed by atoms with van der Waals surface area (Å²) in [5.74, 6) is 2.26. The summed E-state index contributed by atoms with van der Waals surface area (Å²) in [6.45, 7) is 7.16. The molecule has 36 heavy (non-hydrogen) atoms. The van der Waals surface area contributed by atoms with Gasteiger partial charge in [0.15, 0.2) is 0 Å². The molecule has 1 saturated heterocycles. The van der Waals surface area contributed by atoms with E-state index in [-0.39, 0.29) is 11.9 Å². The van der Waals surface area contributed by atoms with Crippen LogP contribution in [-0.4, -0.2) is 62.4 Å². The predicted octanol–water partition coefficient (Wildman–Crippen LogP) is 5.18. The first-order chi connectivity index (χ1) is 17.7. The Kier molecular flexibility index (Phi) is 7.37. The molecule has 3 aromatic rings. The van der Waals surface area contributed by atoms with Gasteiger partial charge in [0.05, 0.1) is 25.4 Å². The van der Waals surface area contributed by atoms with E-state index in [4.69, 9.17) is 9.47 Å². The second-order valence-electron chi connectivity index (χ2n) is 9.18. The number of ether oxygens (including phenoxy) is 2. The number of benzene rings is 2. The third kappa shape index (κ3) is 5.16. The summed E-state index contributed by atoms with van der Waals surface area (Å²) in [4.78, 5) is 9.29. The molecule has 1 atom stereocenters. The van der Waals surface area contributed by atoms with Gasteiger partial charge >= 0.3 is 0 Å². The molecule has 3 heterocycles. The van der Waals surface area contributed by atoms with Crippen molar-refractivity contribution < 1.29 is 13.9 Å². The molecule has 0 spiro atoms. The van der Waals surface area contributed by atoms with Gasteiger partial charge in [0.2, 0.25) is 0 Å². The van der Waals surface area contributed by atoms with E-state index in [9.17, 15) is 4.39 Å². The van der Waals surface area contributed by atoms with Crippen molar-refractivity contribution in [2.45, 2.75) is 19.4 Å². The minimum atomic E-state index is -0.255. The van der Waals surface area contributed by atoms with Gasteiger partial charge in [-0.1, -0.05) is 25.1 Å². The maximum atomic E-state index is 15.0. The number of pyridine rings is 1. The zero-order chi connectivity index (χ0) is 24.9. The molecule has 1 unspecified atom stereocenters. The largest absolute Gasteiger partial charge is 0.497 e. The van der Waals surface area contributed by atoms with Crippen molar-refractivity contribution in [1.29, 1.82) is 0 Å². The van der Waals surface area contributed by atoms with Crippen LogP contribution < -0.4 is 19.7 Å². The fourth-order valence-corrected chi connectivity index (χ4v) is 4.88. The number of hydrogen-bond acceptors (Lipinski definition) is 6. The van der Waals surface area contributed by atoms with Crippen molar-refractivity contribution in [2.75, 3.05) is 56.7 Å². The molecular weight excluding hydrogens is 455 g/mol. The normalized spacial score (nSPS) is 17.7. The van der Waals surface area contributed by atoms with Crippen LogP contribution in [-0.2, 0) is 0 Å². The lowest BCUT2D eigenvalue weighted by molar-refractivity contribution is 0.257. The third-order valence-electron chi connectivity index (χ3n) is 6.82. The van der Waals surface area contributed by atoms with Crippen molar-refractivity contribution in [2.24, 2.45) is 0 Å². The van der Waals surface area contributed by atoms with E-state index in [1.54, 1.807) is 13.2 Å². The van der Waals surface area contributed by atoms with Crippen molar-refractivity contribution in [1.82, 2.24) is 9.88 Å². The average Bonchev–Trinajstić information content (AvgIpc) is 2.93. The first-order valence-electron chi connectivity index (χ1n) is 12.6. The topological polar surface area (TPSA) is 49.9 Å². The van der Waals surface area contributed by atoms with Crippen molar-refractivity contribution in [3.05, 3.63) is 77.7 Å². The molecule has 7 heteroatoms. The summed E-state index contributed by atoms with van der Waals surface area (Å²) in [7, 11) is 1.66. The lowest BCUT2D eigenvalue weighted by Gasteiger charge is -2.39. The molecule has 0 aliphatic carbocycles. The van der Waals surface area contributed by atoms with E-state index >= 15 is 0 Å². The molecule has 0 saturated carbocycles. The highest BCUT2D eigenvalue weighted by Gasteiger charge is 2.29. The zero-order valence-electron chi connectivity index (χ0n) is 20.9. The highest BCUT2D eigenvalue weighted by atomic mass is 19.1. The number of aromatic nitrogens is 1. The Bertz CT molecular complexity index is 1190. The molecule has 0 bridgehead atoms. The minimum absolute atomic E-state index is 0.0157. The van der Waals surface area contributed by atoms with Crippen LogP contribution in [0.25, 0.3) is 11.6 Å². The van der Waals surface area contributed by atoms with E-state index in [0.29, 0.717) is 17.9 Å². The Morgan fingerprint density at radius 3 is 2.53 bits per heavy atom. The van der Waals surface area contributed by atoms with Gasteiger partial charge in [0, 0.05) is 44.5 Å². The number of anilines is 2. The van der Waals surface area contributed by atoms with Crippen molar-refractivity contribution in [3.63, 3.8) is 0 Å². The molecule has 2 aliphatic heterocycles. The first-order valence-corrected chi connectivity index (χ1v) is 12.6. The standard InChI is InChI=1S/C29H33FN4O2/c1-3-18-36-27-12-11-25(30)24-19-23(21-7-9-22(35-2)10-8-21)26(32-29(24)27)20-33-14-16-34(17-15-33)28-6-4-5-13-31-28/h4-13,19,26,32H,3,14-18,20H2,1-2H3. The van der Waals surface area contributed by atoms with Gasteiger partial charge in [-0.2, -0.15) is 0 Å². The van der Waals surface area contributed by atoms with Crippen LogP contribution in [0.4, 0.5) is 15.9 Å². The second kappa shape index (κ2) is 11.0. The second-order valence-corrected chi connectivity index (χ2v) is 9.18. The Labute approximate surface area is 212 Å². The summed E-state index contributed by atoms with van der Waals surface area (Å²) in [6, 6.07) is 17.2. The molecule has 1 fully saturated rings. The molecule has 0 amide bonds. The Morgan fingerprint density at radius 2 is 1.83 bits per heavy atom. The van der Waals surface area contributed by atoms with Crippen LogP contribution in [0.5, 0.6) is 11.5 Å². The number of nitrogens with one attached hydrogen (secondary N) is 1. The summed E-state index contributed by atoms with van der Waals surface area (Å²) in [6.07, 6.45) is 4.72. The predicted molar refractivity (Wildman–Crippen MR) is 143 cm³/mol. The molecule has 6 nitrogen and oxygen atoms in total. The zero-order valence-corrected chi connectivity index (χ0v) is 20.9. The quantitative estimate of drug-likeness (QED) is 0.472. The SMILES string of the molecule is CCCOc1ccc(F)c2c1NC(CN1CCN(c3ccccn3)CC1)C(c1ccc(OC)cc1)=C2. The number of piperazine rings is 1. The van der Waals surface area contributed by atoms with Crippen LogP contribution in [0.15, 0.2) is 60.8 Å². The molecule has 1 aromatic heterocycles. The fourth-order valence-electron chi connectivity index (χ4n) is 4.88. The molecule has 1 N–H and O–H groups in total. The van der Waals surface area contributed by atoms with Crippen molar-refractivity contribution in [3.8, 4) is 11.5 Å². The number of halogens is 1. The Hall–Kier alpha value is -3.58. The van der Waals surface area contributed by atoms with Crippen LogP contribution in [0, 0.1) is 5.82 Å². The van der Waals surface area contributed by atoms with E-state index < -0.39 is 0 Å². The van der Waals surface area contributed by atoms with Gasteiger partial charge in [-0.3, -0.25) is 4.90 Å². The average molecular weight is 489 g/mol. The van der Waals surface area contributed by atoms with Crippen LogP contribution in [0.3, 0.4) is 0 Å². The van der Waals surface area contributed by atoms with E-state index in [0.717, 1.165) is 67.5 Å². The van der Waals surface area contributed by atoms with E-state index in [2.05, 4.69) is 33.1 Å². The number of hydrogen-bond donors (Lipinski definition) is 1. The van der Waals surface area contributed by atoms with Crippen LogP contribution in [0.1, 0.15) is 24.5 Å². The number of rotatable bonds is 8. The summed E-state index contributed by atoms with van der Waals surface area (Å²) < 4.78 is 26.3. The minimum Gasteiger partial charge on any atom is -0.497 e. The van der Waals surface area contributed by atoms with Crippen molar-refractivity contribution >= 4 is 23.2 Å². The van der Waals surface area contributed by atoms with Crippen LogP contribution >= 0.6 is 0 Å². The van der Waals surface area contributed by atoms with Gasteiger partial charge in [0.1, 0.15) is 23.1 Å². The van der Waals surface area contributed by atoms with Gasteiger partial charge < -0.3 is 19.7 Å². The molecule has 2 aliphatic rings. The Balaban J connectivity index is 1.41. The maximum absolute atomic E-state index is 15.0. The highest BCUT2D eigenvalue weighted by molar-refractivity contribution is 5.94. The summed E-state index contributed by atoms with van der Waals surface area (Å²) >= 11 is 0.